The second kappa shape index (κ2) is 7.99. The predicted molar refractivity (Wildman–Crippen MR) is 92.8 cm³/mol. The van der Waals surface area contributed by atoms with Gasteiger partial charge in [0.05, 0.1) is 6.54 Å². The van der Waals surface area contributed by atoms with Crippen molar-refractivity contribution in [2.45, 2.75) is 0 Å². The summed E-state index contributed by atoms with van der Waals surface area (Å²) in [6, 6.07) is 7.29. The molecule has 0 atom stereocenters. The molecule has 1 N–H and O–H groups in total. The van der Waals surface area contributed by atoms with Gasteiger partial charge in [-0.1, -0.05) is 11.6 Å². The van der Waals surface area contributed by atoms with E-state index in [0.29, 0.717) is 31.2 Å². The van der Waals surface area contributed by atoms with Crippen LogP contribution in [0.4, 0.5) is 28.9 Å². The first kappa shape index (κ1) is 19.2. The van der Waals surface area contributed by atoms with E-state index in [4.69, 9.17) is 11.6 Å². The van der Waals surface area contributed by atoms with Crippen LogP contribution in [0.2, 0.25) is 5.02 Å². The monoisotopic (exact) mass is 402 g/mol. The molecular weight excluding hydrogens is 388 g/mol. The maximum Gasteiger partial charge on any atom is 0.253 e. The second-order valence-corrected chi connectivity index (χ2v) is 6.33. The lowest BCUT2D eigenvalue weighted by Gasteiger charge is -2.36. The first-order valence-electron chi connectivity index (χ1n) is 8.09. The molecule has 1 aliphatic heterocycles. The Hall–Kier alpha value is -2.55. The molecule has 0 unspecified atom stereocenters. The maximum absolute atomic E-state index is 13.6. The molecule has 1 aromatic carbocycles. The number of aromatic nitrogens is 1. The molecule has 0 saturated carbocycles. The van der Waals surface area contributed by atoms with Crippen molar-refractivity contribution in [1.82, 2.24) is 9.88 Å². The van der Waals surface area contributed by atoms with Crippen LogP contribution in [0.25, 0.3) is 0 Å². The van der Waals surface area contributed by atoms with Gasteiger partial charge in [0.1, 0.15) is 5.69 Å². The molecule has 0 radical (unpaired) electrons. The lowest BCUT2D eigenvalue weighted by Crippen LogP contribution is -2.50. The van der Waals surface area contributed by atoms with Gasteiger partial charge in [-0.3, -0.25) is 4.79 Å². The van der Waals surface area contributed by atoms with Crippen LogP contribution in [0.15, 0.2) is 24.3 Å². The molecule has 0 bridgehead atoms. The number of amides is 1. The minimum Gasteiger partial charge on any atom is -0.371 e. The standard InChI is InChI=1S/C17H15ClF4N4O/c18-10-1-3-11(4-2-10)25-5-7-26(8-6-25)12(27)9-23-15-13(19)16(21)24-17(22)14(15)20/h1-4H,5-9H2,(H,23,24). The number of carbonyl (C=O) groups is 1. The van der Waals surface area contributed by atoms with E-state index < -0.39 is 41.7 Å². The summed E-state index contributed by atoms with van der Waals surface area (Å²) in [4.78, 5) is 18.3. The molecule has 10 heteroatoms. The second-order valence-electron chi connectivity index (χ2n) is 5.89. The van der Waals surface area contributed by atoms with Crippen molar-refractivity contribution in [3.05, 3.63) is 52.8 Å². The van der Waals surface area contributed by atoms with E-state index in [1.165, 1.54) is 4.90 Å². The molecule has 1 amide bonds. The van der Waals surface area contributed by atoms with Crippen LogP contribution in [0.1, 0.15) is 0 Å². The first-order valence-corrected chi connectivity index (χ1v) is 8.46. The molecule has 3 rings (SSSR count). The lowest BCUT2D eigenvalue weighted by atomic mass is 10.2. The van der Waals surface area contributed by atoms with Crippen LogP contribution in [0.5, 0.6) is 0 Å². The van der Waals surface area contributed by atoms with Crippen molar-refractivity contribution in [2.24, 2.45) is 0 Å². The molecule has 1 fully saturated rings. The van der Waals surface area contributed by atoms with Gasteiger partial charge in [0.25, 0.3) is 11.9 Å². The summed E-state index contributed by atoms with van der Waals surface area (Å²) in [6.07, 6.45) is 0. The van der Waals surface area contributed by atoms with E-state index in [-0.39, 0.29) is 0 Å². The number of benzene rings is 1. The van der Waals surface area contributed by atoms with Crippen molar-refractivity contribution in [2.75, 3.05) is 42.9 Å². The SMILES string of the molecule is O=C(CNc1c(F)c(F)nc(F)c1F)N1CCN(c2ccc(Cl)cc2)CC1. The highest BCUT2D eigenvalue weighted by atomic mass is 35.5. The maximum atomic E-state index is 13.6. The summed E-state index contributed by atoms with van der Waals surface area (Å²) in [5.74, 6) is -7.34. The van der Waals surface area contributed by atoms with Gasteiger partial charge in [-0.25, -0.2) is 0 Å². The van der Waals surface area contributed by atoms with Gasteiger partial charge in [-0.15, -0.1) is 0 Å². The van der Waals surface area contributed by atoms with Gasteiger partial charge in [0, 0.05) is 36.9 Å². The summed E-state index contributed by atoms with van der Waals surface area (Å²) < 4.78 is 53.3. The molecule has 1 aromatic heterocycles. The molecule has 2 heterocycles. The summed E-state index contributed by atoms with van der Waals surface area (Å²) in [5, 5.41) is 2.75. The zero-order valence-corrected chi connectivity index (χ0v) is 14.7. The summed E-state index contributed by atoms with van der Waals surface area (Å²) in [6.45, 7) is 1.42. The van der Waals surface area contributed by atoms with Gasteiger partial charge in [0.15, 0.2) is 0 Å². The van der Waals surface area contributed by atoms with E-state index in [1.54, 1.807) is 12.1 Å². The van der Waals surface area contributed by atoms with Gasteiger partial charge in [-0.05, 0) is 24.3 Å². The molecule has 2 aromatic rings. The Bertz CT molecular complexity index is 816. The van der Waals surface area contributed by atoms with E-state index in [1.807, 2.05) is 12.1 Å². The van der Waals surface area contributed by atoms with Crippen LogP contribution in [-0.4, -0.2) is 48.5 Å². The van der Waals surface area contributed by atoms with Gasteiger partial charge in [-0.2, -0.15) is 22.5 Å². The summed E-state index contributed by atoms with van der Waals surface area (Å²) in [5.41, 5.74) is -0.0790. The number of nitrogens with zero attached hydrogens (tertiary/aromatic N) is 3. The van der Waals surface area contributed by atoms with Crippen LogP contribution in [0, 0.1) is 23.5 Å². The Labute approximate surface area is 157 Å². The van der Waals surface area contributed by atoms with E-state index >= 15 is 0 Å². The average molecular weight is 403 g/mol. The highest BCUT2D eigenvalue weighted by Gasteiger charge is 2.24. The molecular formula is C17H15ClF4N4O. The molecule has 0 aliphatic carbocycles. The Morgan fingerprint density at radius 2 is 1.56 bits per heavy atom. The first-order chi connectivity index (χ1) is 12.9. The summed E-state index contributed by atoms with van der Waals surface area (Å²) in [7, 11) is 0. The third-order valence-electron chi connectivity index (χ3n) is 4.24. The van der Waals surface area contributed by atoms with E-state index in [2.05, 4.69) is 15.2 Å². The number of hydrogen-bond donors (Lipinski definition) is 1. The smallest absolute Gasteiger partial charge is 0.253 e. The van der Waals surface area contributed by atoms with Crippen molar-refractivity contribution in [3.63, 3.8) is 0 Å². The zero-order chi connectivity index (χ0) is 19.6. The Balaban J connectivity index is 1.57. The minimum atomic E-state index is -1.78. The third kappa shape index (κ3) is 4.24. The fourth-order valence-corrected chi connectivity index (χ4v) is 2.91. The number of rotatable bonds is 4. The minimum absolute atomic E-state index is 0.396. The van der Waals surface area contributed by atoms with Crippen molar-refractivity contribution < 1.29 is 22.4 Å². The molecule has 1 saturated heterocycles. The fraction of sp³-hybridized carbons (Fsp3) is 0.294. The molecule has 1 aliphatic rings. The number of piperazine rings is 1. The highest BCUT2D eigenvalue weighted by molar-refractivity contribution is 6.30. The highest BCUT2D eigenvalue weighted by Crippen LogP contribution is 2.22. The van der Waals surface area contributed by atoms with E-state index in [0.717, 1.165) is 5.69 Å². The lowest BCUT2D eigenvalue weighted by molar-refractivity contribution is -0.129. The van der Waals surface area contributed by atoms with Crippen LogP contribution in [-0.2, 0) is 4.79 Å². The van der Waals surface area contributed by atoms with Crippen molar-refractivity contribution in [3.8, 4) is 0 Å². The number of hydrogen-bond acceptors (Lipinski definition) is 4. The van der Waals surface area contributed by atoms with Crippen molar-refractivity contribution >= 4 is 28.9 Å². The average Bonchev–Trinajstić information content (AvgIpc) is 2.67. The molecule has 144 valence electrons. The third-order valence-corrected chi connectivity index (χ3v) is 4.49. The normalized spacial score (nSPS) is 14.4. The quantitative estimate of drug-likeness (QED) is 0.631. The number of halogens is 5. The van der Waals surface area contributed by atoms with E-state index in [9.17, 15) is 22.4 Å². The topological polar surface area (TPSA) is 48.5 Å². The van der Waals surface area contributed by atoms with Crippen LogP contribution in [0.3, 0.4) is 0 Å². The number of anilines is 2. The number of nitrogens with one attached hydrogen (secondary N) is 1. The predicted octanol–water partition coefficient (Wildman–Crippen LogP) is 3.05. The Morgan fingerprint density at radius 3 is 2.11 bits per heavy atom. The fourth-order valence-electron chi connectivity index (χ4n) is 2.78. The number of pyridine rings is 1. The molecule has 0 spiro atoms. The largest absolute Gasteiger partial charge is 0.371 e. The van der Waals surface area contributed by atoms with Gasteiger partial charge >= 0.3 is 0 Å². The molecule has 27 heavy (non-hydrogen) atoms. The van der Waals surface area contributed by atoms with Gasteiger partial charge in [0.2, 0.25) is 17.5 Å². The Morgan fingerprint density at radius 1 is 1.00 bits per heavy atom. The zero-order valence-electron chi connectivity index (χ0n) is 14.0. The van der Waals surface area contributed by atoms with Crippen LogP contribution >= 0.6 is 11.6 Å². The molecule has 5 nitrogen and oxygen atoms in total. The van der Waals surface area contributed by atoms with Gasteiger partial charge < -0.3 is 15.1 Å². The van der Waals surface area contributed by atoms with Crippen molar-refractivity contribution in [1.29, 1.82) is 0 Å². The summed E-state index contributed by atoms with van der Waals surface area (Å²) >= 11 is 5.86. The Kier molecular flexibility index (Phi) is 5.69. The number of carbonyl (C=O) groups excluding carboxylic acids is 1. The van der Waals surface area contributed by atoms with Crippen LogP contribution < -0.4 is 10.2 Å².